The highest BCUT2D eigenvalue weighted by molar-refractivity contribution is 9.10. The van der Waals surface area contributed by atoms with E-state index >= 15 is 0 Å². The average molecular weight is 321 g/mol. The molecule has 0 saturated carbocycles. The van der Waals surface area contributed by atoms with Gasteiger partial charge in [0, 0.05) is 22.7 Å². The number of halogens is 1. The molecule has 1 aromatic carbocycles. The Balaban J connectivity index is 1.90. The zero-order valence-corrected chi connectivity index (χ0v) is 11.8. The number of hydrogen-bond donors (Lipinski definition) is 1. The summed E-state index contributed by atoms with van der Waals surface area (Å²) in [6, 6.07) is 7.80. The second-order valence-electron chi connectivity index (χ2n) is 4.52. The Labute approximate surface area is 119 Å². The fraction of sp³-hybridized carbons (Fsp3) is 0.286. The maximum absolute atomic E-state index is 12.0. The minimum absolute atomic E-state index is 0.111. The average Bonchev–Trinajstić information content (AvgIpc) is 2.92. The van der Waals surface area contributed by atoms with Gasteiger partial charge < -0.3 is 10.1 Å². The van der Waals surface area contributed by atoms with Gasteiger partial charge >= 0.3 is 0 Å². The van der Waals surface area contributed by atoms with E-state index in [0.717, 1.165) is 28.1 Å². The second-order valence-corrected chi connectivity index (χ2v) is 5.43. The number of carbonyl (C=O) groups is 1. The first-order valence-electron chi connectivity index (χ1n) is 6.21. The number of ether oxygens (including phenoxy) is 1. The summed E-state index contributed by atoms with van der Waals surface area (Å²) in [5.41, 5.74) is 0. The lowest BCUT2D eigenvalue weighted by Gasteiger charge is -2.11. The largest absolute Gasteiger partial charge is 0.368 e. The number of pyridine rings is 1. The van der Waals surface area contributed by atoms with Crippen molar-refractivity contribution in [1.29, 1.82) is 0 Å². The molecule has 0 unspecified atom stereocenters. The number of carbonyl (C=O) groups excluding carboxylic acids is 1. The number of anilines is 1. The molecular formula is C14H13BrN2O2. The molecular weight excluding hydrogens is 308 g/mol. The normalized spacial score (nSPS) is 18.7. The molecule has 2 aromatic rings. The van der Waals surface area contributed by atoms with E-state index in [9.17, 15) is 4.79 Å². The molecule has 1 saturated heterocycles. The zero-order valence-electron chi connectivity index (χ0n) is 10.2. The fourth-order valence-corrected chi connectivity index (χ4v) is 2.61. The van der Waals surface area contributed by atoms with Crippen LogP contribution in [0.15, 0.2) is 34.9 Å². The predicted octanol–water partition coefficient (Wildman–Crippen LogP) is 3.11. The Kier molecular flexibility index (Phi) is 3.48. The van der Waals surface area contributed by atoms with Crippen molar-refractivity contribution in [2.24, 2.45) is 0 Å². The molecule has 1 aliphatic heterocycles. The van der Waals surface area contributed by atoms with Gasteiger partial charge in [-0.05, 0) is 42.5 Å². The Morgan fingerprint density at radius 3 is 3.11 bits per heavy atom. The molecule has 5 heteroatoms. The molecule has 19 heavy (non-hydrogen) atoms. The molecule has 1 N–H and O–H groups in total. The van der Waals surface area contributed by atoms with Gasteiger partial charge in [0.2, 0.25) is 0 Å². The van der Waals surface area contributed by atoms with Gasteiger partial charge in [-0.2, -0.15) is 0 Å². The first-order chi connectivity index (χ1) is 9.24. The monoisotopic (exact) mass is 320 g/mol. The van der Waals surface area contributed by atoms with Crippen molar-refractivity contribution in [2.75, 3.05) is 11.9 Å². The Hall–Kier alpha value is -1.46. The third-order valence-electron chi connectivity index (χ3n) is 3.19. The summed E-state index contributed by atoms with van der Waals surface area (Å²) in [5.74, 6) is 0.478. The van der Waals surface area contributed by atoms with Crippen LogP contribution in [0, 0.1) is 0 Å². The molecule has 4 nitrogen and oxygen atoms in total. The van der Waals surface area contributed by atoms with Crippen molar-refractivity contribution in [2.45, 2.75) is 18.9 Å². The van der Waals surface area contributed by atoms with E-state index in [0.29, 0.717) is 12.4 Å². The third-order valence-corrected chi connectivity index (χ3v) is 3.68. The number of aromatic nitrogens is 1. The number of benzene rings is 1. The standard InChI is InChI=1S/C14H13BrN2O2/c15-10-3-4-11-9(8-10)5-6-16-13(11)17-14(18)12-2-1-7-19-12/h3-6,8,12H,1-2,7H2,(H,16,17,18)/t12-/m1/s1. The molecule has 0 spiro atoms. The van der Waals surface area contributed by atoms with Crippen molar-refractivity contribution in [3.8, 4) is 0 Å². The summed E-state index contributed by atoms with van der Waals surface area (Å²) in [6.07, 6.45) is 3.07. The predicted molar refractivity (Wildman–Crippen MR) is 77.0 cm³/mol. The van der Waals surface area contributed by atoms with E-state index in [1.54, 1.807) is 6.20 Å². The van der Waals surface area contributed by atoms with Gasteiger partial charge in [-0.25, -0.2) is 4.98 Å². The van der Waals surface area contributed by atoms with Crippen LogP contribution >= 0.6 is 15.9 Å². The molecule has 0 radical (unpaired) electrons. The first kappa shape index (κ1) is 12.6. The SMILES string of the molecule is O=C(Nc1nccc2cc(Br)ccc12)[C@H]1CCCO1. The van der Waals surface area contributed by atoms with Crippen LogP contribution in [-0.2, 0) is 9.53 Å². The molecule has 0 bridgehead atoms. The summed E-state index contributed by atoms with van der Waals surface area (Å²) >= 11 is 3.43. The second kappa shape index (κ2) is 5.27. The van der Waals surface area contributed by atoms with E-state index in [2.05, 4.69) is 26.2 Å². The minimum Gasteiger partial charge on any atom is -0.368 e. The van der Waals surface area contributed by atoms with E-state index in [4.69, 9.17) is 4.74 Å². The highest BCUT2D eigenvalue weighted by Crippen LogP contribution is 2.25. The number of rotatable bonds is 2. The van der Waals surface area contributed by atoms with Gasteiger partial charge in [0.05, 0.1) is 0 Å². The Morgan fingerprint density at radius 1 is 1.42 bits per heavy atom. The van der Waals surface area contributed by atoms with Crippen molar-refractivity contribution >= 4 is 38.4 Å². The van der Waals surface area contributed by atoms with Crippen molar-refractivity contribution in [3.63, 3.8) is 0 Å². The summed E-state index contributed by atoms with van der Waals surface area (Å²) in [6.45, 7) is 0.661. The van der Waals surface area contributed by atoms with E-state index in [-0.39, 0.29) is 12.0 Å². The van der Waals surface area contributed by atoms with Crippen LogP contribution in [-0.4, -0.2) is 23.6 Å². The lowest BCUT2D eigenvalue weighted by Crippen LogP contribution is -2.27. The van der Waals surface area contributed by atoms with Crippen LogP contribution in [0.2, 0.25) is 0 Å². The fourth-order valence-electron chi connectivity index (χ4n) is 2.23. The molecule has 2 heterocycles. The van der Waals surface area contributed by atoms with Gasteiger partial charge in [0.15, 0.2) is 0 Å². The van der Waals surface area contributed by atoms with Crippen molar-refractivity contribution < 1.29 is 9.53 Å². The quantitative estimate of drug-likeness (QED) is 0.925. The van der Waals surface area contributed by atoms with E-state index < -0.39 is 0 Å². The molecule has 1 fully saturated rings. The number of amides is 1. The summed E-state index contributed by atoms with van der Waals surface area (Å²) in [7, 11) is 0. The van der Waals surface area contributed by atoms with E-state index in [1.807, 2.05) is 24.3 Å². The number of nitrogens with one attached hydrogen (secondary N) is 1. The highest BCUT2D eigenvalue weighted by Gasteiger charge is 2.24. The number of nitrogens with zero attached hydrogens (tertiary/aromatic N) is 1. The van der Waals surface area contributed by atoms with Crippen LogP contribution in [0.25, 0.3) is 10.8 Å². The highest BCUT2D eigenvalue weighted by atomic mass is 79.9. The van der Waals surface area contributed by atoms with Gasteiger partial charge in [0.1, 0.15) is 11.9 Å². The van der Waals surface area contributed by atoms with Crippen molar-refractivity contribution in [3.05, 3.63) is 34.9 Å². The molecule has 1 atom stereocenters. The van der Waals surface area contributed by atoms with E-state index in [1.165, 1.54) is 0 Å². The Morgan fingerprint density at radius 2 is 2.32 bits per heavy atom. The van der Waals surface area contributed by atoms with Gasteiger partial charge in [-0.1, -0.05) is 15.9 Å². The molecule has 1 aromatic heterocycles. The molecule has 0 aliphatic carbocycles. The maximum Gasteiger partial charge on any atom is 0.254 e. The van der Waals surface area contributed by atoms with Crippen LogP contribution in [0.5, 0.6) is 0 Å². The van der Waals surface area contributed by atoms with Crippen LogP contribution in [0.3, 0.4) is 0 Å². The van der Waals surface area contributed by atoms with Crippen LogP contribution < -0.4 is 5.32 Å². The molecule has 98 valence electrons. The third kappa shape index (κ3) is 2.62. The lowest BCUT2D eigenvalue weighted by molar-refractivity contribution is -0.124. The van der Waals surface area contributed by atoms with Crippen LogP contribution in [0.4, 0.5) is 5.82 Å². The lowest BCUT2D eigenvalue weighted by atomic mass is 10.1. The number of fused-ring (bicyclic) bond motifs is 1. The van der Waals surface area contributed by atoms with Gasteiger partial charge in [-0.15, -0.1) is 0 Å². The van der Waals surface area contributed by atoms with Gasteiger partial charge in [0.25, 0.3) is 5.91 Å². The minimum atomic E-state index is -0.340. The number of hydrogen-bond acceptors (Lipinski definition) is 3. The summed E-state index contributed by atoms with van der Waals surface area (Å²) in [4.78, 5) is 16.3. The van der Waals surface area contributed by atoms with Gasteiger partial charge in [-0.3, -0.25) is 4.79 Å². The van der Waals surface area contributed by atoms with Crippen LogP contribution in [0.1, 0.15) is 12.8 Å². The smallest absolute Gasteiger partial charge is 0.254 e. The molecule has 3 rings (SSSR count). The Bertz CT molecular complexity index is 624. The summed E-state index contributed by atoms with van der Waals surface area (Å²) < 4.78 is 6.37. The molecule has 1 aliphatic rings. The van der Waals surface area contributed by atoms with Crippen molar-refractivity contribution in [1.82, 2.24) is 4.98 Å². The zero-order chi connectivity index (χ0) is 13.2. The maximum atomic E-state index is 12.0. The first-order valence-corrected chi connectivity index (χ1v) is 7.00. The topological polar surface area (TPSA) is 51.2 Å². The molecule has 1 amide bonds. The summed E-state index contributed by atoms with van der Waals surface area (Å²) in [5, 5.41) is 4.82.